The van der Waals surface area contributed by atoms with Crippen LogP contribution >= 0.6 is 15.9 Å². The second kappa shape index (κ2) is 6.65. The predicted octanol–water partition coefficient (Wildman–Crippen LogP) is 1.90. The van der Waals surface area contributed by atoms with Gasteiger partial charge in [-0.2, -0.15) is 5.10 Å². The first-order chi connectivity index (χ1) is 8.72. The molecule has 102 valence electrons. The van der Waals surface area contributed by atoms with Crippen molar-refractivity contribution in [3.8, 4) is 0 Å². The molecule has 1 aliphatic heterocycles. The predicted molar refractivity (Wildman–Crippen MR) is 72.4 cm³/mol. The first kappa shape index (κ1) is 14.0. The van der Waals surface area contributed by atoms with E-state index in [2.05, 4.69) is 30.6 Å². The molecule has 0 radical (unpaired) electrons. The maximum Gasteiger partial charge on any atom is 0.169 e. The molecule has 0 atom stereocenters. The molecule has 2 heterocycles. The van der Waals surface area contributed by atoms with Crippen LogP contribution in [0.5, 0.6) is 0 Å². The largest absolute Gasteiger partial charge is 0.355 e. The number of ether oxygens (including phenoxy) is 2. The highest BCUT2D eigenvalue weighted by Gasteiger charge is 2.22. The van der Waals surface area contributed by atoms with Crippen LogP contribution in [-0.2, 0) is 9.47 Å². The standard InChI is InChI=1S/C12H20BrN3O2/c1-17-12(18-2)9-15-5-3-11(4-6-15)16-8-10(13)7-14-16/h7-8,11-12H,3-6,9H2,1-2H3. The Morgan fingerprint density at radius 1 is 1.39 bits per heavy atom. The van der Waals surface area contributed by atoms with Gasteiger partial charge in [0.05, 0.1) is 16.7 Å². The van der Waals surface area contributed by atoms with E-state index in [9.17, 15) is 0 Å². The normalized spacial score (nSPS) is 18.7. The van der Waals surface area contributed by atoms with Gasteiger partial charge in [0.2, 0.25) is 0 Å². The van der Waals surface area contributed by atoms with Crippen LogP contribution in [0.15, 0.2) is 16.9 Å². The molecule has 1 saturated heterocycles. The monoisotopic (exact) mass is 317 g/mol. The minimum absolute atomic E-state index is 0.125. The highest BCUT2D eigenvalue weighted by atomic mass is 79.9. The molecule has 1 aliphatic rings. The quantitative estimate of drug-likeness (QED) is 0.778. The maximum atomic E-state index is 5.23. The molecule has 0 aliphatic carbocycles. The van der Waals surface area contributed by atoms with Crippen LogP contribution in [0.3, 0.4) is 0 Å². The highest BCUT2D eigenvalue weighted by molar-refractivity contribution is 9.10. The molecule has 0 bridgehead atoms. The van der Waals surface area contributed by atoms with Crippen molar-refractivity contribution >= 4 is 15.9 Å². The molecule has 0 unspecified atom stereocenters. The fraction of sp³-hybridized carbons (Fsp3) is 0.750. The Kier molecular flexibility index (Phi) is 5.17. The average Bonchev–Trinajstić information content (AvgIpc) is 2.83. The van der Waals surface area contributed by atoms with Crippen LogP contribution in [0.2, 0.25) is 0 Å². The van der Waals surface area contributed by atoms with E-state index in [-0.39, 0.29) is 6.29 Å². The molecule has 1 aromatic rings. The van der Waals surface area contributed by atoms with Crippen LogP contribution in [0.25, 0.3) is 0 Å². The zero-order valence-corrected chi connectivity index (χ0v) is 12.5. The first-order valence-electron chi connectivity index (χ1n) is 6.20. The minimum atomic E-state index is -0.125. The summed E-state index contributed by atoms with van der Waals surface area (Å²) in [6.07, 6.45) is 6.01. The Balaban J connectivity index is 1.81. The number of methoxy groups -OCH3 is 2. The molecular formula is C12H20BrN3O2. The van der Waals surface area contributed by atoms with Gasteiger partial charge in [0.25, 0.3) is 0 Å². The summed E-state index contributed by atoms with van der Waals surface area (Å²) in [5, 5.41) is 4.36. The Morgan fingerprint density at radius 2 is 2.06 bits per heavy atom. The van der Waals surface area contributed by atoms with E-state index in [0.29, 0.717) is 6.04 Å². The summed E-state index contributed by atoms with van der Waals surface area (Å²) in [5.74, 6) is 0. The lowest BCUT2D eigenvalue weighted by atomic mass is 10.1. The molecule has 0 amide bonds. The number of nitrogens with zero attached hydrogens (tertiary/aromatic N) is 3. The van der Waals surface area contributed by atoms with E-state index in [4.69, 9.17) is 9.47 Å². The molecule has 1 fully saturated rings. The van der Waals surface area contributed by atoms with Crippen LogP contribution in [0, 0.1) is 0 Å². The van der Waals surface area contributed by atoms with Gasteiger partial charge in [-0.1, -0.05) is 0 Å². The fourth-order valence-corrected chi connectivity index (χ4v) is 2.64. The highest BCUT2D eigenvalue weighted by Crippen LogP contribution is 2.23. The molecule has 5 nitrogen and oxygen atoms in total. The Hall–Kier alpha value is -0.430. The Morgan fingerprint density at radius 3 is 2.56 bits per heavy atom. The van der Waals surface area contributed by atoms with Crippen LogP contribution in [-0.4, -0.2) is 54.8 Å². The number of likely N-dealkylation sites (tertiary alicyclic amines) is 1. The Labute approximate surface area is 116 Å². The van der Waals surface area contributed by atoms with E-state index in [0.717, 1.165) is 36.9 Å². The average molecular weight is 318 g/mol. The Bertz CT molecular complexity index is 360. The lowest BCUT2D eigenvalue weighted by molar-refractivity contribution is -0.118. The van der Waals surface area contributed by atoms with Gasteiger partial charge in [0.1, 0.15) is 0 Å². The number of rotatable bonds is 5. The summed E-state index contributed by atoms with van der Waals surface area (Å²) in [6.45, 7) is 2.96. The molecule has 0 spiro atoms. The number of hydrogen-bond donors (Lipinski definition) is 0. The summed E-state index contributed by atoms with van der Waals surface area (Å²) in [4.78, 5) is 2.38. The topological polar surface area (TPSA) is 39.5 Å². The van der Waals surface area contributed by atoms with Crippen molar-refractivity contribution in [2.45, 2.75) is 25.2 Å². The van der Waals surface area contributed by atoms with Gasteiger partial charge in [-0.3, -0.25) is 9.58 Å². The second-order valence-corrected chi connectivity index (χ2v) is 5.49. The summed E-state index contributed by atoms with van der Waals surface area (Å²) in [7, 11) is 3.37. The molecule has 0 saturated carbocycles. The van der Waals surface area contributed by atoms with Crippen LogP contribution in [0.1, 0.15) is 18.9 Å². The van der Waals surface area contributed by atoms with Gasteiger partial charge in [0.15, 0.2) is 6.29 Å². The van der Waals surface area contributed by atoms with Gasteiger partial charge in [-0.05, 0) is 28.8 Å². The second-order valence-electron chi connectivity index (χ2n) is 4.57. The minimum Gasteiger partial charge on any atom is -0.355 e. The van der Waals surface area contributed by atoms with Gasteiger partial charge in [-0.25, -0.2) is 0 Å². The third-order valence-corrected chi connectivity index (χ3v) is 3.84. The molecule has 18 heavy (non-hydrogen) atoms. The van der Waals surface area contributed by atoms with Gasteiger partial charge in [0, 0.05) is 40.1 Å². The number of hydrogen-bond acceptors (Lipinski definition) is 4. The third kappa shape index (κ3) is 3.54. The maximum absolute atomic E-state index is 5.23. The molecule has 6 heteroatoms. The van der Waals surface area contributed by atoms with Crippen LogP contribution < -0.4 is 0 Å². The van der Waals surface area contributed by atoms with Crippen LogP contribution in [0.4, 0.5) is 0 Å². The smallest absolute Gasteiger partial charge is 0.169 e. The van der Waals surface area contributed by atoms with Gasteiger partial charge < -0.3 is 9.47 Å². The molecule has 0 aromatic carbocycles. The van der Waals surface area contributed by atoms with Gasteiger partial charge >= 0.3 is 0 Å². The van der Waals surface area contributed by atoms with Crippen molar-refractivity contribution in [2.24, 2.45) is 0 Å². The molecular weight excluding hydrogens is 298 g/mol. The van der Waals surface area contributed by atoms with E-state index >= 15 is 0 Å². The van der Waals surface area contributed by atoms with E-state index in [1.54, 1.807) is 14.2 Å². The van der Waals surface area contributed by atoms with E-state index < -0.39 is 0 Å². The lowest BCUT2D eigenvalue weighted by Crippen LogP contribution is -2.40. The van der Waals surface area contributed by atoms with Crippen molar-refractivity contribution in [1.82, 2.24) is 14.7 Å². The summed E-state index contributed by atoms with van der Waals surface area (Å²) < 4.78 is 13.6. The van der Waals surface area contributed by atoms with Crippen molar-refractivity contribution in [3.63, 3.8) is 0 Å². The van der Waals surface area contributed by atoms with E-state index in [1.807, 2.05) is 12.4 Å². The summed E-state index contributed by atoms with van der Waals surface area (Å²) in [6, 6.07) is 0.510. The molecule has 2 rings (SSSR count). The van der Waals surface area contributed by atoms with Gasteiger partial charge in [-0.15, -0.1) is 0 Å². The fourth-order valence-electron chi connectivity index (χ4n) is 2.34. The zero-order valence-electron chi connectivity index (χ0n) is 10.9. The summed E-state index contributed by atoms with van der Waals surface area (Å²) in [5.41, 5.74) is 0. The number of halogens is 1. The zero-order chi connectivity index (χ0) is 13.0. The number of piperidine rings is 1. The third-order valence-electron chi connectivity index (χ3n) is 3.43. The van der Waals surface area contributed by atoms with Crippen molar-refractivity contribution in [3.05, 3.63) is 16.9 Å². The summed E-state index contributed by atoms with van der Waals surface area (Å²) >= 11 is 3.44. The molecule has 1 aromatic heterocycles. The van der Waals surface area contributed by atoms with Crippen molar-refractivity contribution in [1.29, 1.82) is 0 Å². The lowest BCUT2D eigenvalue weighted by Gasteiger charge is -2.33. The first-order valence-corrected chi connectivity index (χ1v) is 7.00. The SMILES string of the molecule is COC(CN1CCC(n2cc(Br)cn2)CC1)OC. The van der Waals surface area contributed by atoms with E-state index in [1.165, 1.54) is 0 Å². The van der Waals surface area contributed by atoms with Crippen molar-refractivity contribution < 1.29 is 9.47 Å². The number of aromatic nitrogens is 2. The molecule has 0 N–H and O–H groups in total. The van der Waals surface area contributed by atoms with Crippen molar-refractivity contribution in [2.75, 3.05) is 33.9 Å².